The van der Waals surface area contributed by atoms with Gasteiger partial charge in [0, 0.05) is 21.8 Å². The van der Waals surface area contributed by atoms with Gasteiger partial charge in [-0.05, 0) is 47.0 Å². The summed E-state index contributed by atoms with van der Waals surface area (Å²) in [4.78, 5) is 17.1. The minimum atomic E-state index is -0.127. The summed E-state index contributed by atoms with van der Waals surface area (Å²) in [5.41, 5.74) is 11.2. The van der Waals surface area contributed by atoms with Crippen molar-refractivity contribution < 1.29 is 4.79 Å². The minimum absolute atomic E-state index is 0.0875. The molecule has 4 rings (SSSR count). The van der Waals surface area contributed by atoms with Crippen LogP contribution in [0.15, 0.2) is 54.6 Å². The number of carbonyl (C=O) groups is 1. The zero-order chi connectivity index (χ0) is 22.2. The van der Waals surface area contributed by atoms with E-state index in [1.54, 1.807) is 12.1 Å². The molecule has 2 heterocycles. The first-order chi connectivity index (χ1) is 14.7. The zero-order valence-corrected chi connectivity index (χ0v) is 18.4. The van der Waals surface area contributed by atoms with E-state index in [-0.39, 0.29) is 17.7 Å². The van der Waals surface area contributed by atoms with Crippen LogP contribution in [-0.4, -0.2) is 21.1 Å². The van der Waals surface area contributed by atoms with Crippen molar-refractivity contribution in [2.24, 2.45) is 0 Å². The Morgan fingerprint density at radius 1 is 1.10 bits per heavy atom. The van der Waals surface area contributed by atoms with Crippen molar-refractivity contribution in [2.75, 3.05) is 11.1 Å². The van der Waals surface area contributed by atoms with Gasteiger partial charge in [0.05, 0.1) is 11.8 Å². The number of halogens is 1. The smallest absolute Gasteiger partial charge is 0.228 e. The SMILES string of the molecule is CC(C)(C)c1cc(-c2ccc(NC(=O)Cc3ccc(Cl)cc3)cc2)c2c(N)n[nH]c2n1. The Hall–Kier alpha value is -3.38. The van der Waals surface area contributed by atoms with E-state index < -0.39 is 0 Å². The molecule has 0 fully saturated rings. The van der Waals surface area contributed by atoms with Crippen LogP contribution < -0.4 is 11.1 Å². The molecule has 158 valence electrons. The van der Waals surface area contributed by atoms with E-state index in [1.807, 2.05) is 36.4 Å². The summed E-state index contributed by atoms with van der Waals surface area (Å²) in [6.45, 7) is 6.35. The highest BCUT2D eigenvalue weighted by Gasteiger charge is 2.20. The van der Waals surface area contributed by atoms with Gasteiger partial charge in [0.1, 0.15) is 0 Å². The maximum atomic E-state index is 12.4. The lowest BCUT2D eigenvalue weighted by atomic mass is 9.89. The molecule has 0 saturated heterocycles. The van der Waals surface area contributed by atoms with Crippen molar-refractivity contribution in [3.05, 3.63) is 70.9 Å². The molecular weight excluding hydrogens is 410 g/mol. The zero-order valence-electron chi connectivity index (χ0n) is 17.7. The van der Waals surface area contributed by atoms with Crippen molar-refractivity contribution >= 4 is 40.0 Å². The van der Waals surface area contributed by atoms with E-state index in [0.717, 1.165) is 33.5 Å². The van der Waals surface area contributed by atoms with Crippen LogP contribution in [0.2, 0.25) is 5.02 Å². The predicted octanol–water partition coefficient (Wildman–Crippen LogP) is 5.34. The van der Waals surface area contributed by atoms with Gasteiger partial charge in [0.2, 0.25) is 5.91 Å². The lowest BCUT2D eigenvalue weighted by Crippen LogP contribution is -2.14. The second-order valence-electron chi connectivity index (χ2n) is 8.57. The van der Waals surface area contributed by atoms with E-state index >= 15 is 0 Å². The van der Waals surface area contributed by atoms with Crippen LogP contribution in [0.1, 0.15) is 32.0 Å². The van der Waals surface area contributed by atoms with Gasteiger partial charge < -0.3 is 11.1 Å². The number of benzene rings is 2. The third-order valence-corrected chi connectivity index (χ3v) is 5.34. The average molecular weight is 434 g/mol. The molecule has 0 saturated carbocycles. The van der Waals surface area contributed by atoms with Gasteiger partial charge in [-0.3, -0.25) is 9.89 Å². The van der Waals surface area contributed by atoms with E-state index in [4.69, 9.17) is 22.3 Å². The summed E-state index contributed by atoms with van der Waals surface area (Å²) >= 11 is 5.90. The van der Waals surface area contributed by atoms with E-state index in [0.29, 0.717) is 16.5 Å². The summed E-state index contributed by atoms with van der Waals surface area (Å²) in [7, 11) is 0. The Morgan fingerprint density at radius 2 is 1.77 bits per heavy atom. The minimum Gasteiger partial charge on any atom is -0.382 e. The fourth-order valence-corrected chi connectivity index (χ4v) is 3.52. The Morgan fingerprint density at radius 3 is 2.42 bits per heavy atom. The van der Waals surface area contributed by atoms with Gasteiger partial charge in [-0.1, -0.05) is 56.6 Å². The molecule has 2 aromatic heterocycles. The van der Waals surface area contributed by atoms with Gasteiger partial charge in [-0.15, -0.1) is 0 Å². The van der Waals surface area contributed by atoms with E-state index in [2.05, 4.69) is 42.4 Å². The Kier molecular flexibility index (Phi) is 5.41. The predicted molar refractivity (Wildman–Crippen MR) is 126 cm³/mol. The number of pyridine rings is 1. The van der Waals surface area contributed by atoms with Crippen LogP contribution in [0.4, 0.5) is 11.5 Å². The normalized spacial score (nSPS) is 11.6. The quantitative estimate of drug-likeness (QED) is 0.404. The molecule has 0 atom stereocenters. The number of H-pyrrole nitrogens is 1. The van der Waals surface area contributed by atoms with E-state index in [1.165, 1.54) is 0 Å². The summed E-state index contributed by atoms with van der Waals surface area (Å²) in [5.74, 6) is 0.328. The highest BCUT2D eigenvalue weighted by atomic mass is 35.5. The largest absolute Gasteiger partial charge is 0.382 e. The molecular formula is C24H24ClN5O. The summed E-state index contributed by atoms with van der Waals surface area (Å²) < 4.78 is 0. The second-order valence-corrected chi connectivity index (χ2v) is 9.00. The summed E-state index contributed by atoms with van der Waals surface area (Å²) in [6, 6.07) is 17.0. The van der Waals surface area contributed by atoms with Crippen LogP contribution in [0.5, 0.6) is 0 Å². The number of amides is 1. The molecule has 2 aromatic carbocycles. The molecule has 0 spiro atoms. The van der Waals surface area contributed by atoms with Crippen molar-refractivity contribution in [3.8, 4) is 11.1 Å². The molecule has 0 aliphatic carbocycles. The van der Waals surface area contributed by atoms with Crippen molar-refractivity contribution in [1.29, 1.82) is 0 Å². The molecule has 7 heteroatoms. The van der Waals surface area contributed by atoms with Crippen LogP contribution in [0, 0.1) is 0 Å². The van der Waals surface area contributed by atoms with Gasteiger partial charge in [-0.2, -0.15) is 5.10 Å². The average Bonchev–Trinajstić information content (AvgIpc) is 3.10. The Bertz CT molecular complexity index is 1240. The first kappa shape index (κ1) is 20.9. The summed E-state index contributed by atoms with van der Waals surface area (Å²) in [5, 5.41) is 11.4. The molecule has 0 bridgehead atoms. The molecule has 6 nitrogen and oxygen atoms in total. The number of aromatic nitrogens is 3. The third-order valence-electron chi connectivity index (χ3n) is 5.08. The molecule has 0 aliphatic rings. The number of nitrogens with zero attached hydrogens (tertiary/aromatic N) is 2. The molecule has 0 aliphatic heterocycles. The number of rotatable bonds is 4. The number of fused-ring (bicyclic) bond motifs is 1. The molecule has 0 unspecified atom stereocenters. The van der Waals surface area contributed by atoms with Crippen LogP contribution in [0.25, 0.3) is 22.2 Å². The fourth-order valence-electron chi connectivity index (χ4n) is 3.39. The highest BCUT2D eigenvalue weighted by Crippen LogP contribution is 2.34. The lowest BCUT2D eigenvalue weighted by Gasteiger charge is -2.19. The van der Waals surface area contributed by atoms with Gasteiger partial charge >= 0.3 is 0 Å². The molecule has 1 amide bonds. The van der Waals surface area contributed by atoms with Crippen LogP contribution >= 0.6 is 11.6 Å². The number of nitrogens with one attached hydrogen (secondary N) is 2. The molecule has 4 N–H and O–H groups in total. The topological polar surface area (TPSA) is 96.7 Å². The highest BCUT2D eigenvalue weighted by molar-refractivity contribution is 6.30. The van der Waals surface area contributed by atoms with Gasteiger partial charge in [0.15, 0.2) is 11.5 Å². The second kappa shape index (κ2) is 8.04. The van der Waals surface area contributed by atoms with Gasteiger partial charge in [-0.25, -0.2) is 4.98 Å². The summed E-state index contributed by atoms with van der Waals surface area (Å²) in [6.07, 6.45) is 0.282. The lowest BCUT2D eigenvalue weighted by molar-refractivity contribution is -0.115. The van der Waals surface area contributed by atoms with Crippen molar-refractivity contribution in [2.45, 2.75) is 32.6 Å². The monoisotopic (exact) mass is 433 g/mol. The van der Waals surface area contributed by atoms with E-state index in [9.17, 15) is 4.79 Å². The number of anilines is 2. The first-order valence-electron chi connectivity index (χ1n) is 10.0. The number of hydrogen-bond acceptors (Lipinski definition) is 4. The van der Waals surface area contributed by atoms with Crippen LogP contribution in [-0.2, 0) is 16.6 Å². The van der Waals surface area contributed by atoms with Gasteiger partial charge in [0.25, 0.3) is 0 Å². The number of hydrogen-bond donors (Lipinski definition) is 3. The molecule has 4 aromatic rings. The molecule has 31 heavy (non-hydrogen) atoms. The first-order valence-corrected chi connectivity index (χ1v) is 10.4. The Balaban J connectivity index is 1.59. The third kappa shape index (κ3) is 4.54. The Labute approximate surface area is 185 Å². The maximum absolute atomic E-state index is 12.4. The number of nitrogens with two attached hydrogens (primary N) is 1. The van der Waals surface area contributed by atoms with Crippen LogP contribution in [0.3, 0.4) is 0 Å². The van der Waals surface area contributed by atoms with Crippen molar-refractivity contribution in [1.82, 2.24) is 15.2 Å². The number of nitrogen functional groups attached to an aromatic ring is 1. The number of aromatic amines is 1. The molecule has 0 radical (unpaired) electrons. The maximum Gasteiger partial charge on any atom is 0.228 e. The number of carbonyl (C=O) groups excluding carboxylic acids is 1. The van der Waals surface area contributed by atoms with Crippen molar-refractivity contribution in [3.63, 3.8) is 0 Å². The standard InChI is InChI=1S/C24H24ClN5O/c1-24(2,3)19-13-18(21-22(26)29-30-23(21)28-19)15-6-10-17(11-7-15)27-20(31)12-14-4-8-16(25)9-5-14/h4-11,13H,12H2,1-3H3,(H,27,31)(H3,26,28,29,30). The fraction of sp³-hybridized carbons (Fsp3) is 0.208.